The Labute approximate surface area is 109 Å². The van der Waals surface area contributed by atoms with E-state index in [2.05, 4.69) is 6.92 Å². The molecule has 0 saturated heterocycles. The van der Waals surface area contributed by atoms with Gasteiger partial charge in [0.15, 0.2) is 0 Å². The summed E-state index contributed by atoms with van der Waals surface area (Å²) < 4.78 is 28.3. The van der Waals surface area contributed by atoms with Crippen LogP contribution in [0.4, 0.5) is 0 Å². The molecule has 17 heavy (non-hydrogen) atoms. The minimum atomic E-state index is -3.44. The molecule has 5 heteroatoms. The van der Waals surface area contributed by atoms with Crippen molar-refractivity contribution in [1.82, 2.24) is 0 Å². The van der Waals surface area contributed by atoms with Gasteiger partial charge in [-0.2, -0.15) is 0 Å². The third-order valence-electron chi connectivity index (χ3n) is 3.40. The van der Waals surface area contributed by atoms with Crippen LogP contribution in [0.1, 0.15) is 51.9 Å². The van der Waals surface area contributed by atoms with E-state index in [9.17, 15) is 8.42 Å². The molecule has 1 aliphatic rings. The first kappa shape index (κ1) is 15.3. The van der Waals surface area contributed by atoms with Gasteiger partial charge < -0.3 is 4.74 Å². The normalized spacial score (nSPS) is 21.1. The van der Waals surface area contributed by atoms with E-state index < -0.39 is 9.05 Å². The standard InChI is InChI=1S/C12H23ClO3S/c1-2-9-16-10-12(11-17(13,14)15)7-5-3-4-6-8-12/h2-11H2,1H3. The zero-order chi connectivity index (χ0) is 12.8. The molecule has 0 aliphatic heterocycles. The average molecular weight is 283 g/mol. The monoisotopic (exact) mass is 282 g/mol. The second kappa shape index (κ2) is 6.95. The van der Waals surface area contributed by atoms with Crippen molar-refractivity contribution in [2.24, 2.45) is 5.41 Å². The van der Waals surface area contributed by atoms with Crippen LogP contribution in [0.5, 0.6) is 0 Å². The Morgan fingerprint density at radius 2 is 1.76 bits per heavy atom. The molecule has 0 aromatic heterocycles. The summed E-state index contributed by atoms with van der Waals surface area (Å²) in [6.45, 7) is 3.29. The SMILES string of the molecule is CCCOCC1(CS(=O)(=O)Cl)CCCCCC1. The molecule has 0 N–H and O–H groups in total. The second-order valence-electron chi connectivity index (χ2n) is 5.15. The minimum Gasteiger partial charge on any atom is -0.381 e. The molecule has 3 nitrogen and oxygen atoms in total. The number of rotatable bonds is 6. The van der Waals surface area contributed by atoms with E-state index >= 15 is 0 Å². The number of hydrogen-bond acceptors (Lipinski definition) is 3. The van der Waals surface area contributed by atoms with E-state index in [1.54, 1.807) is 0 Å². The predicted molar refractivity (Wildman–Crippen MR) is 70.9 cm³/mol. The molecule has 0 heterocycles. The summed E-state index contributed by atoms with van der Waals surface area (Å²) in [6.07, 6.45) is 7.36. The highest BCUT2D eigenvalue weighted by atomic mass is 35.7. The smallest absolute Gasteiger partial charge is 0.233 e. The van der Waals surface area contributed by atoms with Crippen LogP contribution in [0.2, 0.25) is 0 Å². The van der Waals surface area contributed by atoms with Gasteiger partial charge >= 0.3 is 0 Å². The Balaban J connectivity index is 2.67. The molecule has 1 fully saturated rings. The fourth-order valence-electron chi connectivity index (χ4n) is 2.61. The van der Waals surface area contributed by atoms with Gasteiger partial charge in [0.05, 0.1) is 12.4 Å². The van der Waals surface area contributed by atoms with Crippen LogP contribution in [0.3, 0.4) is 0 Å². The van der Waals surface area contributed by atoms with Gasteiger partial charge in [-0.3, -0.25) is 0 Å². The van der Waals surface area contributed by atoms with Crippen molar-refractivity contribution in [3.05, 3.63) is 0 Å². The van der Waals surface area contributed by atoms with E-state index in [0.717, 1.165) is 32.1 Å². The Morgan fingerprint density at radius 3 is 2.24 bits per heavy atom. The molecule has 102 valence electrons. The average Bonchev–Trinajstić information content (AvgIpc) is 2.42. The molecule has 0 unspecified atom stereocenters. The van der Waals surface area contributed by atoms with Crippen molar-refractivity contribution in [3.63, 3.8) is 0 Å². The molecule has 0 bridgehead atoms. The van der Waals surface area contributed by atoms with Crippen LogP contribution >= 0.6 is 10.7 Å². The molecular formula is C12H23ClO3S. The van der Waals surface area contributed by atoms with Crippen molar-refractivity contribution in [2.75, 3.05) is 19.0 Å². The van der Waals surface area contributed by atoms with Crippen molar-refractivity contribution in [1.29, 1.82) is 0 Å². The Morgan fingerprint density at radius 1 is 1.18 bits per heavy atom. The molecule has 1 rings (SSSR count). The fourth-order valence-corrected chi connectivity index (χ4v) is 4.41. The van der Waals surface area contributed by atoms with Crippen molar-refractivity contribution in [3.8, 4) is 0 Å². The van der Waals surface area contributed by atoms with E-state index in [4.69, 9.17) is 15.4 Å². The molecule has 1 aliphatic carbocycles. The maximum Gasteiger partial charge on any atom is 0.233 e. The minimum absolute atomic E-state index is 0.0608. The van der Waals surface area contributed by atoms with Gasteiger partial charge in [0.1, 0.15) is 0 Å². The van der Waals surface area contributed by atoms with Crippen LogP contribution < -0.4 is 0 Å². The predicted octanol–water partition coefficient (Wildman–Crippen LogP) is 3.32. The molecule has 1 saturated carbocycles. The Bertz CT molecular complexity index is 306. The van der Waals surface area contributed by atoms with Gasteiger partial charge in [-0.1, -0.05) is 32.6 Å². The summed E-state index contributed by atoms with van der Waals surface area (Å²) in [5, 5.41) is 0. The lowest BCUT2D eigenvalue weighted by Crippen LogP contribution is -2.33. The maximum atomic E-state index is 11.4. The number of hydrogen-bond donors (Lipinski definition) is 0. The topological polar surface area (TPSA) is 43.4 Å². The highest BCUT2D eigenvalue weighted by molar-refractivity contribution is 8.13. The summed E-state index contributed by atoms with van der Waals surface area (Å²) in [7, 11) is 2.00. The first-order valence-electron chi connectivity index (χ1n) is 6.47. The summed E-state index contributed by atoms with van der Waals surface area (Å²) >= 11 is 0. The van der Waals surface area contributed by atoms with Gasteiger partial charge in [0, 0.05) is 22.7 Å². The van der Waals surface area contributed by atoms with Crippen LogP contribution in [-0.2, 0) is 13.8 Å². The quantitative estimate of drug-likeness (QED) is 0.426. The van der Waals surface area contributed by atoms with Crippen LogP contribution in [0.25, 0.3) is 0 Å². The van der Waals surface area contributed by atoms with E-state index in [1.807, 2.05) is 0 Å². The maximum absolute atomic E-state index is 11.4. The first-order valence-corrected chi connectivity index (χ1v) is 8.95. The third kappa shape index (κ3) is 6.07. The van der Waals surface area contributed by atoms with Crippen molar-refractivity contribution in [2.45, 2.75) is 51.9 Å². The van der Waals surface area contributed by atoms with Gasteiger partial charge in [0.25, 0.3) is 0 Å². The molecular weight excluding hydrogens is 260 g/mol. The Hall–Kier alpha value is 0.200. The van der Waals surface area contributed by atoms with Gasteiger partial charge in [-0.25, -0.2) is 8.42 Å². The first-order chi connectivity index (χ1) is 7.97. The zero-order valence-electron chi connectivity index (χ0n) is 10.6. The summed E-state index contributed by atoms with van der Waals surface area (Å²) in [4.78, 5) is 0. The summed E-state index contributed by atoms with van der Waals surface area (Å²) in [6, 6.07) is 0. The van der Waals surface area contributed by atoms with Crippen molar-refractivity contribution < 1.29 is 13.2 Å². The molecule has 0 aromatic carbocycles. The van der Waals surface area contributed by atoms with Gasteiger partial charge in [-0.15, -0.1) is 0 Å². The summed E-state index contributed by atoms with van der Waals surface area (Å²) in [5.74, 6) is 0.0608. The lowest BCUT2D eigenvalue weighted by atomic mass is 9.83. The molecule has 0 spiro atoms. The number of halogens is 1. The highest BCUT2D eigenvalue weighted by Gasteiger charge is 2.35. The largest absolute Gasteiger partial charge is 0.381 e. The second-order valence-corrected chi connectivity index (χ2v) is 7.93. The van der Waals surface area contributed by atoms with Crippen molar-refractivity contribution >= 4 is 19.7 Å². The van der Waals surface area contributed by atoms with E-state index in [1.165, 1.54) is 12.8 Å². The molecule has 0 radical (unpaired) electrons. The highest BCUT2D eigenvalue weighted by Crippen LogP contribution is 2.37. The molecule has 0 aromatic rings. The lowest BCUT2D eigenvalue weighted by Gasteiger charge is -2.31. The third-order valence-corrected chi connectivity index (χ3v) is 4.68. The van der Waals surface area contributed by atoms with E-state index in [0.29, 0.717) is 13.2 Å². The van der Waals surface area contributed by atoms with Gasteiger partial charge in [-0.05, 0) is 19.3 Å². The van der Waals surface area contributed by atoms with Crippen LogP contribution in [0.15, 0.2) is 0 Å². The molecule has 0 atom stereocenters. The summed E-state index contributed by atoms with van der Waals surface area (Å²) in [5.41, 5.74) is -0.244. The fraction of sp³-hybridized carbons (Fsp3) is 1.00. The van der Waals surface area contributed by atoms with Gasteiger partial charge in [0.2, 0.25) is 9.05 Å². The zero-order valence-corrected chi connectivity index (χ0v) is 12.2. The lowest BCUT2D eigenvalue weighted by molar-refractivity contribution is 0.0465. The van der Waals surface area contributed by atoms with Crippen LogP contribution in [0, 0.1) is 5.41 Å². The molecule has 0 amide bonds. The number of ether oxygens (including phenoxy) is 1. The Kier molecular flexibility index (Phi) is 6.24. The van der Waals surface area contributed by atoms with Crippen LogP contribution in [-0.4, -0.2) is 27.4 Å². The van der Waals surface area contributed by atoms with E-state index in [-0.39, 0.29) is 11.2 Å².